The van der Waals surface area contributed by atoms with Crippen molar-refractivity contribution in [3.63, 3.8) is 0 Å². The maximum absolute atomic E-state index is 11.7. The molecule has 0 spiro atoms. The number of benzene rings is 1. The standard InChI is InChI=1S/C12H13NO6/c14-9-4-2-1-3-7(9)11(17)13-8(12(18)19)5-6-10(15)16/h1-4,8,14H,5-6H2,(H,13,17)(H,15,16)(H,18,19)/t8-/m0/s1. The van der Waals surface area contributed by atoms with Crippen molar-refractivity contribution in [2.75, 3.05) is 0 Å². The van der Waals surface area contributed by atoms with E-state index in [4.69, 9.17) is 10.2 Å². The molecule has 102 valence electrons. The minimum Gasteiger partial charge on any atom is -0.507 e. The quantitative estimate of drug-likeness (QED) is 0.593. The summed E-state index contributed by atoms with van der Waals surface area (Å²) in [5.74, 6) is -3.52. The molecule has 0 bridgehead atoms. The largest absolute Gasteiger partial charge is 0.507 e. The summed E-state index contributed by atoms with van der Waals surface area (Å²) in [5, 5.41) is 29.0. The summed E-state index contributed by atoms with van der Waals surface area (Å²) in [5.41, 5.74) is -0.0657. The Bertz CT molecular complexity index is 499. The van der Waals surface area contributed by atoms with Gasteiger partial charge in [0.1, 0.15) is 11.8 Å². The smallest absolute Gasteiger partial charge is 0.326 e. The lowest BCUT2D eigenvalue weighted by atomic mass is 10.1. The molecule has 0 saturated heterocycles. The molecule has 0 heterocycles. The van der Waals surface area contributed by atoms with Gasteiger partial charge in [-0.1, -0.05) is 12.1 Å². The summed E-state index contributed by atoms with van der Waals surface area (Å²) < 4.78 is 0. The Hall–Kier alpha value is -2.57. The average Bonchev–Trinajstić information content (AvgIpc) is 2.34. The van der Waals surface area contributed by atoms with Crippen molar-refractivity contribution in [2.45, 2.75) is 18.9 Å². The monoisotopic (exact) mass is 267 g/mol. The van der Waals surface area contributed by atoms with Crippen LogP contribution < -0.4 is 5.32 Å². The van der Waals surface area contributed by atoms with Gasteiger partial charge < -0.3 is 20.6 Å². The Balaban J connectivity index is 2.74. The molecule has 0 aromatic heterocycles. The van der Waals surface area contributed by atoms with Crippen LogP contribution in [0.4, 0.5) is 0 Å². The summed E-state index contributed by atoms with van der Waals surface area (Å²) >= 11 is 0. The number of amides is 1. The summed E-state index contributed by atoms with van der Waals surface area (Å²) in [7, 11) is 0. The molecule has 1 rings (SSSR count). The summed E-state index contributed by atoms with van der Waals surface area (Å²) in [6.45, 7) is 0. The van der Waals surface area contributed by atoms with E-state index in [0.29, 0.717) is 0 Å². The number of phenols is 1. The predicted octanol–water partition coefficient (Wildman–Crippen LogP) is 0.440. The molecule has 1 atom stereocenters. The molecular formula is C12H13NO6. The molecule has 0 unspecified atom stereocenters. The fraction of sp³-hybridized carbons (Fsp3) is 0.250. The van der Waals surface area contributed by atoms with Crippen molar-refractivity contribution in [3.05, 3.63) is 29.8 Å². The highest BCUT2D eigenvalue weighted by molar-refractivity contribution is 5.98. The lowest BCUT2D eigenvalue weighted by Gasteiger charge is -2.13. The van der Waals surface area contributed by atoms with Gasteiger partial charge in [0, 0.05) is 6.42 Å². The van der Waals surface area contributed by atoms with Gasteiger partial charge in [-0.05, 0) is 18.6 Å². The molecule has 1 aromatic carbocycles. The number of para-hydroxylation sites is 1. The third-order valence-electron chi connectivity index (χ3n) is 2.40. The number of hydrogen-bond acceptors (Lipinski definition) is 4. The Labute approximate surface area is 108 Å². The molecule has 0 aliphatic rings. The first-order valence-electron chi connectivity index (χ1n) is 5.45. The van der Waals surface area contributed by atoms with Crippen LogP contribution in [0.1, 0.15) is 23.2 Å². The van der Waals surface area contributed by atoms with Gasteiger partial charge in [0.05, 0.1) is 5.56 Å². The van der Waals surface area contributed by atoms with Crippen LogP contribution in [0.15, 0.2) is 24.3 Å². The van der Waals surface area contributed by atoms with Crippen molar-refractivity contribution in [3.8, 4) is 5.75 Å². The highest BCUT2D eigenvalue weighted by Gasteiger charge is 2.22. The van der Waals surface area contributed by atoms with Crippen molar-refractivity contribution in [1.82, 2.24) is 5.32 Å². The van der Waals surface area contributed by atoms with Gasteiger partial charge in [0.25, 0.3) is 5.91 Å². The molecule has 0 saturated carbocycles. The van der Waals surface area contributed by atoms with Crippen LogP contribution in [-0.4, -0.2) is 39.2 Å². The van der Waals surface area contributed by atoms with Crippen LogP contribution in [0.2, 0.25) is 0 Å². The highest BCUT2D eigenvalue weighted by atomic mass is 16.4. The number of aromatic hydroxyl groups is 1. The van der Waals surface area contributed by atoms with Crippen LogP contribution in [0, 0.1) is 0 Å². The summed E-state index contributed by atoms with van der Waals surface area (Å²) in [6.07, 6.45) is -0.609. The van der Waals surface area contributed by atoms with E-state index in [1.165, 1.54) is 24.3 Å². The van der Waals surface area contributed by atoms with Gasteiger partial charge in [0.2, 0.25) is 0 Å². The van der Waals surface area contributed by atoms with Gasteiger partial charge in [0.15, 0.2) is 0 Å². The number of hydrogen-bond donors (Lipinski definition) is 4. The molecule has 19 heavy (non-hydrogen) atoms. The third-order valence-corrected chi connectivity index (χ3v) is 2.40. The van der Waals surface area contributed by atoms with Crippen LogP contribution in [-0.2, 0) is 9.59 Å². The van der Waals surface area contributed by atoms with E-state index >= 15 is 0 Å². The minimum atomic E-state index is -1.33. The lowest BCUT2D eigenvalue weighted by Crippen LogP contribution is -2.41. The van der Waals surface area contributed by atoms with E-state index in [0.717, 1.165) is 0 Å². The Morgan fingerprint density at radius 1 is 1.16 bits per heavy atom. The highest BCUT2D eigenvalue weighted by Crippen LogP contribution is 2.15. The maximum Gasteiger partial charge on any atom is 0.326 e. The molecule has 7 nitrogen and oxygen atoms in total. The van der Waals surface area contributed by atoms with E-state index in [2.05, 4.69) is 5.32 Å². The molecule has 0 radical (unpaired) electrons. The van der Waals surface area contributed by atoms with Crippen molar-refractivity contribution in [1.29, 1.82) is 0 Å². The van der Waals surface area contributed by atoms with Gasteiger partial charge >= 0.3 is 11.9 Å². The predicted molar refractivity (Wildman–Crippen MR) is 63.9 cm³/mol. The molecule has 7 heteroatoms. The van der Waals surface area contributed by atoms with E-state index in [1.54, 1.807) is 0 Å². The molecule has 1 amide bonds. The van der Waals surface area contributed by atoms with Crippen molar-refractivity contribution in [2.24, 2.45) is 0 Å². The number of rotatable bonds is 6. The maximum atomic E-state index is 11.7. The van der Waals surface area contributed by atoms with E-state index in [-0.39, 0.29) is 24.2 Å². The molecule has 0 aliphatic carbocycles. The van der Waals surface area contributed by atoms with E-state index in [9.17, 15) is 19.5 Å². The van der Waals surface area contributed by atoms with Crippen LogP contribution in [0.25, 0.3) is 0 Å². The molecule has 1 aromatic rings. The fourth-order valence-corrected chi connectivity index (χ4v) is 1.43. The molecule has 4 N–H and O–H groups in total. The van der Waals surface area contributed by atoms with Gasteiger partial charge in [-0.15, -0.1) is 0 Å². The van der Waals surface area contributed by atoms with Gasteiger partial charge in [-0.3, -0.25) is 9.59 Å². The number of phenolic OH excluding ortho intramolecular Hbond substituents is 1. The normalized spacial score (nSPS) is 11.6. The van der Waals surface area contributed by atoms with E-state index < -0.39 is 23.9 Å². The number of carbonyl (C=O) groups is 3. The molecule has 0 fully saturated rings. The minimum absolute atomic E-state index is 0.0657. The number of carboxylic acids is 2. The first kappa shape index (κ1) is 14.5. The fourth-order valence-electron chi connectivity index (χ4n) is 1.43. The SMILES string of the molecule is O=C(O)CC[C@H](NC(=O)c1ccccc1O)C(=O)O. The number of carboxylic acid groups (broad SMARTS) is 2. The summed E-state index contributed by atoms with van der Waals surface area (Å²) in [6, 6.07) is 4.35. The van der Waals surface area contributed by atoms with Crippen molar-refractivity contribution < 1.29 is 29.7 Å². The first-order chi connectivity index (χ1) is 8.91. The Kier molecular flexibility index (Phi) is 4.87. The first-order valence-corrected chi connectivity index (χ1v) is 5.45. The number of nitrogens with one attached hydrogen (secondary N) is 1. The number of carbonyl (C=O) groups excluding carboxylic acids is 1. The second kappa shape index (κ2) is 6.39. The van der Waals surface area contributed by atoms with E-state index in [1.807, 2.05) is 0 Å². The van der Waals surface area contributed by atoms with Gasteiger partial charge in [-0.25, -0.2) is 4.79 Å². The zero-order valence-electron chi connectivity index (χ0n) is 9.87. The topological polar surface area (TPSA) is 124 Å². The van der Waals surface area contributed by atoms with Crippen LogP contribution in [0.5, 0.6) is 5.75 Å². The second-order valence-electron chi connectivity index (χ2n) is 3.81. The Morgan fingerprint density at radius 3 is 2.32 bits per heavy atom. The third kappa shape index (κ3) is 4.30. The molecule has 0 aliphatic heterocycles. The van der Waals surface area contributed by atoms with Crippen molar-refractivity contribution >= 4 is 17.8 Å². The van der Waals surface area contributed by atoms with Gasteiger partial charge in [-0.2, -0.15) is 0 Å². The zero-order chi connectivity index (χ0) is 14.4. The van der Waals surface area contributed by atoms with Crippen LogP contribution in [0.3, 0.4) is 0 Å². The number of aliphatic carboxylic acids is 2. The summed E-state index contributed by atoms with van der Waals surface area (Å²) in [4.78, 5) is 33.0. The average molecular weight is 267 g/mol. The molecular weight excluding hydrogens is 254 g/mol. The Morgan fingerprint density at radius 2 is 1.79 bits per heavy atom. The second-order valence-corrected chi connectivity index (χ2v) is 3.81. The van der Waals surface area contributed by atoms with Crippen LogP contribution >= 0.6 is 0 Å². The lowest BCUT2D eigenvalue weighted by molar-refractivity contribution is -0.140. The zero-order valence-corrected chi connectivity index (χ0v) is 9.87.